The number of amides is 2. The molecule has 0 aliphatic carbocycles. The molecule has 0 saturated heterocycles. The van der Waals surface area contributed by atoms with E-state index in [1.54, 1.807) is 37.4 Å². The zero-order valence-electron chi connectivity index (χ0n) is 75.4. The van der Waals surface area contributed by atoms with Gasteiger partial charge in [-0.3, -0.25) is 29.6 Å². The minimum absolute atomic E-state index is 0.235. The van der Waals surface area contributed by atoms with Crippen molar-refractivity contribution in [2.24, 2.45) is 5.73 Å². The second-order valence-corrected chi connectivity index (χ2v) is 30.4. The summed E-state index contributed by atoms with van der Waals surface area (Å²) < 4.78 is 51.9. The zero-order valence-corrected chi connectivity index (χ0v) is 76.2. The molecule has 0 aromatic carbocycles. The first kappa shape index (κ1) is 115. The number of carbonyl (C=O) groups is 1. The minimum atomic E-state index is -4.03. The number of nitrogens with two attached hydrogens (primary N) is 1. The number of imidazole rings is 1. The number of hydrogen-bond donors (Lipinski definition) is 8. The van der Waals surface area contributed by atoms with E-state index in [1.165, 1.54) is 94.2 Å². The van der Waals surface area contributed by atoms with Crippen LogP contribution in [0.3, 0.4) is 0 Å². The summed E-state index contributed by atoms with van der Waals surface area (Å²) in [6.45, 7) is 41.4. The van der Waals surface area contributed by atoms with Gasteiger partial charge in [0.2, 0.25) is 0 Å². The van der Waals surface area contributed by atoms with Crippen molar-refractivity contribution in [3.05, 3.63) is 182 Å². The predicted molar refractivity (Wildman–Crippen MR) is 483 cm³/mol. The predicted octanol–water partition coefficient (Wildman–Crippen LogP) is 14.3. The van der Waals surface area contributed by atoms with Crippen LogP contribution in [0.2, 0.25) is 0 Å². The third-order valence-corrected chi connectivity index (χ3v) is 17.8. The Bertz CT molecular complexity index is 2980. The highest BCUT2D eigenvalue weighted by atomic mass is 32.2. The monoisotopic (exact) mass is 1670 g/mol. The van der Waals surface area contributed by atoms with Crippen molar-refractivity contribution in [1.82, 2.24) is 75.4 Å². The van der Waals surface area contributed by atoms with Crippen molar-refractivity contribution >= 4 is 16.1 Å². The summed E-state index contributed by atoms with van der Waals surface area (Å²) in [7, 11) is 0.0981. The van der Waals surface area contributed by atoms with Crippen molar-refractivity contribution in [1.29, 1.82) is 0 Å². The fourth-order valence-electron chi connectivity index (χ4n) is 9.96. The molecule has 0 fully saturated rings. The zero-order chi connectivity index (χ0) is 87.9. The Morgan fingerprint density at radius 2 is 0.992 bits per heavy atom. The summed E-state index contributed by atoms with van der Waals surface area (Å²) >= 11 is 0. The van der Waals surface area contributed by atoms with Crippen LogP contribution in [0.15, 0.2) is 154 Å². The highest BCUT2D eigenvalue weighted by Gasteiger charge is 2.14. The third-order valence-electron chi connectivity index (χ3n) is 17.0. The summed E-state index contributed by atoms with van der Waals surface area (Å²) in [6, 6.07) is 23.3. The molecule has 118 heavy (non-hydrogen) atoms. The fraction of sp³-hybridized carbons (Fsp3) is 0.656. The van der Waals surface area contributed by atoms with Crippen molar-refractivity contribution in [3.63, 3.8) is 0 Å². The molecular weight excluding hydrogens is 1510 g/mol. The molecule has 2 amide bonds. The fourth-order valence-corrected chi connectivity index (χ4v) is 10.4. The molecule has 3 unspecified atom stereocenters. The van der Waals surface area contributed by atoms with Gasteiger partial charge in [-0.1, -0.05) is 165 Å². The van der Waals surface area contributed by atoms with E-state index in [2.05, 4.69) is 186 Å². The molecule has 7 heterocycles. The number of rotatable bonds is 52. The maximum Gasteiger partial charge on any atom is 0.312 e. The molecule has 0 aliphatic rings. The second kappa shape index (κ2) is 86.2. The van der Waals surface area contributed by atoms with Gasteiger partial charge in [-0.25, -0.2) is 23.2 Å². The van der Waals surface area contributed by atoms with Crippen LogP contribution in [0.5, 0.6) is 0 Å². The van der Waals surface area contributed by atoms with Gasteiger partial charge >= 0.3 is 6.03 Å². The molecule has 0 spiro atoms. The van der Waals surface area contributed by atoms with E-state index in [-0.39, 0.29) is 5.75 Å². The summed E-state index contributed by atoms with van der Waals surface area (Å²) in [5.41, 5.74) is 10.6. The first-order valence-corrected chi connectivity index (χ1v) is 45.3. The number of unbranched alkanes of at least 4 members (excludes halogenated alkanes) is 8. The SMILES string of the molecule is CCCCN(CC)CC.CCCCNC(N)=O.CCCCOCC(O)CNCc1ccccn1.CCCCOCC(O)CNCc1cccnc1.CCCCOCC(O)CNCc1ccncc1.CCCC[N+](C)(C)CCCS(=O)(=O)[O-].CCCCn1ccnc1.CCCCn1cncn1.CCCc1ccccn1.CCCc1ccncc1. The Morgan fingerprint density at radius 3 is 1.42 bits per heavy atom. The van der Waals surface area contributed by atoms with Crippen molar-refractivity contribution in [2.45, 2.75) is 269 Å². The van der Waals surface area contributed by atoms with Crippen molar-refractivity contribution in [3.8, 4) is 0 Å². The number of ether oxygens (including phenoxy) is 3. The molecule has 7 rings (SSSR count). The number of quaternary nitrogens is 1. The number of pyridine rings is 5. The number of aryl methyl sites for hydroxylation is 4. The minimum Gasteiger partial charge on any atom is -0.748 e. The lowest BCUT2D eigenvalue weighted by atomic mass is 10.2. The van der Waals surface area contributed by atoms with Crippen LogP contribution in [0, 0.1) is 0 Å². The molecule has 28 heteroatoms. The van der Waals surface area contributed by atoms with E-state index in [0.29, 0.717) is 59.0 Å². The standard InChI is InChI=1S/3C13H22N2O2.C9H21NO3S.2C8H11N.C8H19N.C7H12N2.C6H11N3.C5H12N2O/c1-2-3-8-17-11-13(16)10-15-9-12-4-6-14-7-5-12;1-2-3-8-17-11-13(16)10-14-9-12-6-4-5-7-15-12;1-2-3-7-17-11-13(16)10-15-9-12-5-4-6-14-8-12;1-4-5-7-10(2,3)8-6-9-14(11,12)13;1-2-5-8-6-3-4-7-9-8;1-2-3-8-4-6-9-7-5-8;1-4-7-8-9(5-2)6-3;1-2-3-5-9-6-4-8-7-9;1-2-3-4-9-6-7-5-8-9;1-2-3-4-7-5(6)8/h4-7,13,15-16H,2-3,8-11H2,1H3;4-7,13-14,16H,2-3,8-11H2,1H3;4-6,8,13,15-16H,2-3,7,9-11H2,1H3;4-9H2,1-3H3;3-4,6-7H,2,5H2,1H3;4-7H,2-3H2,1H3;4-8H2,1-3H3;4,6-7H,2-3,5H2,1H3;5-6H,2-4H2,1H3;2-4H2,1H3,(H3,6,7,8). The second-order valence-electron chi connectivity index (χ2n) is 28.9. The largest absolute Gasteiger partial charge is 0.748 e. The van der Waals surface area contributed by atoms with Gasteiger partial charge in [-0.15, -0.1) is 0 Å². The van der Waals surface area contributed by atoms with Gasteiger partial charge < -0.3 is 75.0 Å². The number of hydrogen-bond acceptors (Lipinski definition) is 22. The number of nitrogens with zero attached hydrogens (tertiary/aromatic N) is 12. The molecule has 0 radical (unpaired) electrons. The van der Waals surface area contributed by atoms with Crippen LogP contribution in [0.25, 0.3) is 0 Å². The maximum absolute atomic E-state index is 10.4. The topological polar surface area (TPSA) is 353 Å². The van der Waals surface area contributed by atoms with Crippen LogP contribution < -0.4 is 27.0 Å². The normalized spacial score (nSPS) is 11.3. The van der Waals surface area contributed by atoms with Gasteiger partial charge in [0.1, 0.15) is 12.7 Å². The average Bonchev–Trinajstić information content (AvgIpc) is 1.81. The third kappa shape index (κ3) is 83.9. The molecule has 674 valence electrons. The van der Waals surface area contributed by atoms with Crippen molar-refractivity contribution in [2.75, 3.05) is 118 Å². The Kier molecular flexibility index (Phi) is 84.0. The van der Waals surface area contributed by atoms with Gasteiger partial charge in [0.25, 0.3) is 0 Å². The Morgan fingerprint density at radius 1 is 0.500 bits per heavy atom. The van der Waals surface area contributed by atoms with E-state index in [0.717, 1.165) is 145 Å². The summed E-state index contributed by atoms with van der Waals surface area (Å²) in [5.74, 6) is -0.235. The number of carbonyl (C=O) groups excluding carboxylic acids is 1. The first-order valence-electron chi connectivity index (χ1n) is 43.7. The summed E-state index contributed by atoms with van der Waals surface area (Å²) in [6.07, 6.45) is 45.6. The van der Waals surface area contributed by atoms with Gasteiger partial charge in [0.05, 0.1) is 87.5 Å². The van der Waals surface area contributed by atoms with Crippen LogP contribution in [0.4, 0.5) is 4.79 Å². The van der Waals surface area contributed by atoms with E-state index >= 15 is 0 Å². The quantitative estimate of drug-likeness (QED) is 0.00997. The van der Waals surface area contributed by atoms with Crippen LogP contribution in [-0.2, 0) is 69.9 Å². The van der Waals surface area contributed by atoms with Crippen LogP contribution in [-0.4, -0.2) is 230 Å². The van der Waals surface area contributed by atoms with Gasteiger partial charge in [-0.05, 0) is 155 Å². The van der Waals surface area contributed by atoms with E-state index in [1.807, 2.05) is 103 Å². The number of aliphatic hydroxyl groups is 3. The molecule has 7 aromatic heterocycles. The number of primary amides is 1. The summed E-state index contributed by atoms with van der Waals surface area (Å²) in [5, 5.41) is 44.8. The van der Waals surface area contributed by atoms with Gasteiger partial charge in [0, 0.05) is 159 Å². The molecule has 3 atom stereocenters. The maximum atomic E-state index is 10.4. The lowest BCUT2D eigenvalue weighted by Gasteiger charge is -2.29. The average molecular weight is 1680 g/mol. The number of aromatic nitrogens is 10. The highest BCUT2D eigenvalue weighted by Crippen LogP contribution is 2.06. The lowest BCUT2D eigenvalue weighted by molar-refractivity contribution is -0.890. The molecule has 27 nitrogen and oxygen atoms in total. The number of aliphatic hydroxyl groups excluding tert-OH is 3. The van der Waals surface area contributed by atoms with Crippen molar-refractivity contribution < 1.29 is 51.8 Å². The molecular formula is C90H163N17O10S. The molecule has 0 aliphatic heterocycles. The smallest absolute Gasteiger partial charge is 0.312 e. The van der Waals surface area contributed by atoms with Crippen LogP contribution >= 0.6 is 0 Å². The van der Waals surface area contributed by atoms with E-state index < -0.39 is 34.5 Å². The van der Waals surface area contributed by atoms with E-state index in [9.17, 15) is 33.1 Å². The Hall–Kier alpha value is -7.16. The first-order chi connectivity index (χ1) is 57.1. The Labute approximate surface area is 714 Å². The van der Waals surface area contributed by atoms with Crippen LogP contribution in [0.1, 0.15) is 233 Å². The number of urea groups is 1. The highest BCUT2D eigenvalue weighted by molar-refractivity contribution is 7.85. The molecule has 0 bridgehead atoms. The van der Waals surface area contributed by atoms with E-state index in [4.69, 9.17) is 19.9 Å². The molecule has 9 N–H and O–H groups in total. The Balaban J connectivity index is -0.00000126. The molecule has 0 saturated carbocycles. The van der Waals surface area contributed by atoms with Gasteiger partial charge in [-0.2, -0.15) is 5.10 Å². The molecule has 7 aromatic rings. The number of nitrogens with one attached hydrogen (secondary N) is 4. The lowest BCUT2D eigenvalue weighted by Crippen LogP contribution is -2.41. The summed E-state index contributed by atoms with van der Waals surface area (Å²) in [4.78, 5) is 40.5. The van der Waals surface area contributed by atoms with Gasteiger partial charge in [0.15, 0.2) is 0 Å².